The topological polar surface area (TPSA) is 63.6 Å². The molecule has 98 valence electrons. The Morgan fingerprint density at radius 3 is 2.50 bits per heavy atom. The molecule has 0 unspecified atom stereocenters. The molecule has 0 aromatic heterocycles. The van der Waals surface area contributed by atoms with E-state index in [0.29, 0.717) is 12.2 Å². The number of aromatic carboxylic acids is 1. The number of carboxylic acid groups (broad SMARTS) is 1. The first-order valence-electron chi connectivity index (χ1n) is 5.99. The lowest BCUT2D eigenvalue weighted by atomic mass is 9.98. The maximum atomic E-state index is 11.8. The van der Waals surface area contributed by atoms with E-state index in [9.17, 15) is 14.7 Å². The first-order chi connectivity index (χ1) is 8.49. The van der Waals surface area contributed by atoms with Crippen LogP contribution in [0.15, 0.2) is 12.1 Å². The van der Waals surface area contributed by atoms with Crippen molar-refractivity contribution in [3.05, 3.63) is 34.4 Å². The van der Waals surface area contributed by atoms with Crippen LogP contribution in [0.2, 0.25) is 0 Å². The van der Waals surface area contributed by atoms with E-state index in [1.54, 1.807) is 13.0 Å². The number of hydrogen-bond donors (Lipinski definition) is 1. The second kappa shape index (κ2) is 6.19. The van der Waals surface area contributed by atoms with Crippen LogP contribution in [0.3, 0.4) is 0 Å². The van der Waals surface area contributed by atoms with E-state index in [1.807, 2.05) is 13.8 Å². The predicted octanol–water partition coefficient (Wildman–Crippen LogP) is 2.96. The Morgan fingerprint density at radius 2 is 1.94 bits per heavy atom. The number of carboxylic acids is 1. The molecule has 1 aromatic rings. The number of unbranched alkanes of at least 4 members (excludes halogenated alkanes) is 1. The Bertz CT molecular complexity index is 463. The van der Waals surface area contributed by atoms with Gasteiger partial charge in [-0.2, -0.15) is 0 Å². The molecule has 1 N–H and O–H groups in total. The van der Waals surface area contributed by atoms with Gasteiger partial charge in [0.2, 0.25) is 0 Å². The van der Waals surface area contributed by atoms with E-state index < -0.39 is 11.9 Å². The molecule has 0 saturated carbocycles. The summed E-state index contributed by atoms with van der Waals surface area (Å²) in [6.07, 6.45) is 1.70. The summed E-state index contributed by atoms with van der Waals surface area (Å²) >= 11 is 0. The van der Waals surface area contributed by atoms with Crippen LogP contribution in [0.25, 0.3) is 0 Å². The van der Waals surface area contributed by atoms with Gasteiger partial charge in [0.1, 0.15) is 0 Å². The van der Waals surface area contributed by atoms with Crippen molar-refractivity contribution in [3.8, 4) is 0 Å². The number of benzene rings is 1. The highest BCUT2D eigenvalue weighted by Gasteiger charge is 2.20. The van der Waals surface area contributed by atoms with Crippen LogP contribution in [0, 0.1) is 13.8 Å². The van der Waals surface area contributed by atoms with Crippen LogP contribution < -0.4 is 0 Å². The van der Waals surface area contributed by atoms with Gasteiger partial charge in [0, 0.05) is 0 Å². The van der Waals surface area contributed by atoms with E-state index >= 15 is 0 Å². The minimum absolute atomic E-state index is 0.0384. The number of rotatable bonds is 5. The highest BCUT2D eigenvalue weighted by Crippen LogP contribution is 2.19. The van der Waals surface area contributed by atoms with Crippen molar-refractivity contribution in [1.29, 1.82) is 0 Å². The molecule has 0 bridgehead atoms. The van der Waals surface area contributed by atoms with Crippen molar-refractivity contribution < 1.29 is 19.4 Å². The number of esters is 1. The molecule has 0 fully saturated rings. The van der Waals surface area contributed by atoms with Gasteiger partial charge in [-0.3, -0.25) is 0 Å². The molecule has 1 aromatic carbocycles. The normalized spacial score (nSPS) is 10.2. The fourth-order valence-electron chi connectivity index (χ4n) is 1.65. The summed E-state index contributed by atoms with van der Waals surface area (Å²) in [5, 5.41) is 9.18. The van der Waals surface area contributed by atoms with Crippen molar-refractivity contribution >= 4 is 11.9 Å². The van der Waals surface area contributed by atoms with Gasteiger partial charge in [-0.1, -0.05) is 19.4 Å². The number of carbonyl (C=O) groups excluding carboxylic acids is 1. The Kier molecular flexibility index (Phi) is 4.89. The zero-order valence-corrected chi connectivity index (χ0v) is 10.9. The van der Waals surface area contributed by atoms with Gasteiger partial charge in [0.15, 0.2) is 0 Å². The Hall–Kier alpha value is -1.84. The Balaban J connectivity index is 3.05. The van der Waals surface area contributed by atoms with Gasteiger partial charge < -0.3 is 9.84 Å². The van der Waals surface area contributed by atoms with E-state index in [0.717, 1.165) is 18.4 Å². The van der Waals surface area contributed by atoms with E-state index in [4.69, 9.17) is 4.74 Å². The molecule has 0 heterocycles. The SMILES string of the molecule is CCCCOC(=O)c1ccc(C)c(C)c1C(=O)O. The maximum Gasteiger partial charge on any atom is 0.339 e. The maximum absolute atomic E-state index is 11.8. The smallest absolute Gasteiger partial charge is 0.339 e. The van der Waals surface area contributed by atoms with E-state index in [-0.39, 0.29) is 11.1 Å². The zero-order chi connectivity index (χ0) is 13.7. The summed E-state index contributed by atoms with van der Waals surface area (Å²) < 4.78 is 5.05. The van der Waals surface area contributed by atoms with Gasteiger partial charge in [0.25, 0.3) is 0 Å². The summed E-state index contributed by atoms with van der Waals surface area (Å²) in [7, 11) is 0. The fourth-order valence-corrected chi connectivity index (χ4v) is 1.65. The van der Waals surface area contributed by atoms with Crippen LogP contribution in [0.4, 0.5) is 0 Å². The number of carbonyl (C=O) groups is 2. The van der Waals surface area contributed by atoms with Gasteiger partial charge in [0.05, 0.1) is 17.7 Å². The molecule has 0 aliphatic carbocycles. The lowest BCUT2D eigenvalue weighted by Gasteiger charge is -2.11. The fraction of sp³-hybridized carbons (Fsp3) is 0.429. The molecule has 0 atom stereocenters. The van der Waals surface area contributed by atoms with Crippen LogP contribution in [-0.2, 0) is 4.74 Å². The summed E-state index contributed by atoms with van der Waals surface area (Å²) in [6.45, 7) is 5.82. The minimum atomic E-state index is -1.10. The first-order valence-corrected chi connectivity index (χ1v) is 5.99. The summed E-state index contributed by atoms with van der Waals surface area (Å²) in [6, 6.07) is 3.25. The second-order valence-electron chi connectivity index (χ2n) is 4.22. The third kappa shape index (κ3) is 3.09. The van der Waals surface area contributed by atoms with E-state index in [2.05, 4.69) is 0 Å². The molecule has 0 amide bonds. The van der Waals surface area contributed by atoms with Crippen LogP contribution >= 0.6 is 0 Å². The lowest BCUT2D eigenvalue weighted by molar-refractivity contribution is 0.0489. The predicted molar refractivity (Wildman–Crippen MR) is 68.1 cm³/mol. The van der Waals surface area contributed by atoms with Crippen LogP contribution in [0.1, 0.15) is 51.6 Å². The Labute approximate surface area is 107 Å². The molecule has 0 aliphatic rings. The van der Waals surface area contributed by atoms with Crippen LogP contribution in [0.5, 0.6) is 0 Å². The Morgan fingerprint density at radius 1 is 1.28 bits per heavy atom. The average molecular weight is 250 g/mol. The average Bonchev–Trinajstić information content (AvgIpc) is 2.32. The highest BCUT2D eigenvalue weighted by atomic mass is 16.5. The largest absolute Gasteiger partial charge is 0.478 e. The molecule has 4 heteroatoms. The zero-order valence-electron chi connectivity index (χ0n) is 10.9. The molecule has 4 nitrogen and oxygen atoms in total. The van der Waals surface area contributed by atoms with Crippen molar-refractivity contribution in [3.63, 3.8) is 0 Å². The van der Waals surface area contributed by atoms with Gasteiger partial charge in [-0.25, -0.2) is 9.59 Å². The summed E-state index contributed by atoms with van der Waals surface area (Å²) in [5.41, 5.74) is 1.61. The standard InChI is InChI=1S/C14H18O4/c1-4-5-8-18-14(17)11-7-6-9(2)10(3)12(11)13(15)16/h6-7H,4-5,8H2,1-3H3,(H,15,16). The number of hydrogen-bond acceptors (Lipinski definition) is 3. The van der Waals surface area contributed by atoms with Gasteiger partial charge in [-0.15, -0.1) is 0 Å². The van der Waals surface area contributed by atoms with Gasteiger partial charge >= 0.3 is 11.9 Å². The van der Waals surface area contributed by atoms with Crippen molar-refractivity contribution in [2.24, 2.45) is 0 Å². The lowest BCUT2D eigenvalue weighted by Crippen LogP contribution is -2.14. The van der Waals surface area contributed by atoms with Gasteiger partial charge in [-0.05, 0) is 37.5 Å². The summed E-state index contributed by atoms with van der Waals surface area (Å²) in [5.74, 6) is -1.66. The van der Waals surface area contributed by atoms with Crippen LogP contribution in [-0.4, -0.2) is 23.7 Å². The van der Waals surface area contributed by atoms with Crippen molar-refractivity contribution in [2.45, 2.75) is 33.6 Å². The number of aryl methyl sites for hydroxylation is 1. The first kappa shape index (κ1) is 14.2. The molecule has 18 heavy (non-hydrogen) atoms. The molecule has 0 radical (unpaired) electrons. The molecule has 0 spiro atoms. The molecular formula is C14H18O4. The third-order valence-corrected chi connectivity index (χ3v) is 2.90. The van der Waals surface area contributed by atoms with Crippen molar-refractivity contribution in [2.75, 3.05) is 6.61 Å². The van der Waals surface area contributed by atoms with Crippen molar-refractivity contribution in [1.82, 2.24) is 0 Å². The van der Waals surface area contributed by atoms with E-state index in [1.165, 1.54) is 6.07 Å². The molecule has 0 aliphatic heterocycles. The minimum Gasteiger partial charge on any atom is -0.478 e. The number of ether oxygens (including phenoxy) is 1. The second-order valence-corrected chi connectivity index (χ2v) is 4.22. The quantitative estimate of drug-likeness (QED) is 0.644. The monoisotopic (exact) mass is 250 g/mol. The highest BCUT2D eigenvalue weighted by molar-refractivity contribution is 6.03. The molecular weight excluding hydrogens is 232 g/mol. The molecule has 0 saturated heterocycles. The summed E-state index contributed by atoms with van der Waals surface area (Å²) in [4.78, 5) is 23.0. The third-order valence-electron chi connectivity index (χ3n) is 2.90. The molecule has 1 rings (SSSR count).